The second-order valence-electron chi connectivity index (χ2n) is 10.6. The minimum absolute atomic E-state index is 0.0481. The molecule has 2 rings (SSSR count). The Morgan fingerprint density at radius 2 is 1.52 bits per heavy atom. The van der Waals surface area contributed by atoms with Crippen molar-refractivity contribution in [1.29, 1.82) is 5.41 Å². The Balaban J connectivity index is 0.00000114. The van der Waals surface area contributed by atoms with Crippen LogP contribution in [0.2, 0.25) is 6.32 Å². The van der Waals surface area contributed by atoms with Gasteiger partial charge < -0.3 is 15.0 Å². The van der Waals surface area contributed by atoms with E-state index in [4.69, 9.17) is 25.2 Å². The molecule has 0 radical (unpaired) electrons. The fourth-order valence-electron chi connectivity index (χ4n) is 4.26. The molecule has 0 aromatic rings. The molecular formula is C21H41BN2O3. The molecule has 6 heteroatoms. The van der Waals surface area contributed by atoms with Crippen molar-refractivity contribution in [1.82, 2.24) is 0 Å². The van der Waals surface area contributed by atoms with E-state index in [9.17, 15) is 0 Å². The van der Waals surface area contributed by atoms with E-state index in [-0.39, 0.29) is 18.3 Å². The quantitative estimate of drug-likeness (QED) is 0.296. The van der Waals surface area contributed by atoms with Gasteiger partial charge in [-0.3, -0.25) is 0 Å². The Morgan fingerprint density at radius 1 is 1.07 bits per heavy atom. The third kappa shape index (κ3) is 5.66. The molecule has 1 heterocycles. The summed E-state index contributed by atoms with van der Waals surface area (Å²) in [5.74, 6) is 0.782. The minimum Gasteiger partial charge on any atom is -0.403 e. The molecule has 2 fully saturated rings. The lowest BCUT2D eigenvalue weighted by Crippen LogP contribution is -2.50. The molecule has 156 valence electrons. The second-order valence-corrected chi connectivity index (χ2v) is 10.6. The molecule has 0 aromatic heterocycles. The lowest BCUT2D eigenvalue weighted by atomic mass is 9.52. The summed E-state index contributed by atoms with van der Waals surface area (Å²) in [4.78, 5) is 8.35. The van der Waals surface area contributed by atoms with E-state index in [0.29, 0.717) is 16.9 Å². The average molecular weight is 380 g/mol. The van der Waals surface area contributed by atoms with E-state index >= 15 is 0 Å². The van der Waals surface area contributed by atoms with Gasteiger partial charge in [-0.2, -0.15) is 0 Å². The first-order chi connectivity index (χ1) is 12.2. The van der Waals surface area contributed by atoms with Crippen LogP contribution in [-0.2, 0) is 14.1 Å². The zero-order valence-electron chi connectivity index (χ0n) is 18.8. The van der Waals surface area contributed by atoms with E-state index in [0.717, 1.165) is 18.3 Å². The van der Waals surface area contributed by atoms with Gasteiger partial charge in [-0.25, -0.2) is 10.2 Å². The number of hydrogen-bond donors (Lipinski definition) is 2. The number of carbonyl (C=O) groups excluding carboxylic acids is 1. The van der Waals surface area contributed by atoms with E-state index in [1.807, 2.05) is 0 Å². The maximum Gasteiger partial charge on any atom is 0.457 e. The highest BCUT2D eigenvalue weighted by Gasteiger charge is 2.51. The van der Waals surface area contributed by atoms with Gasteiger partial charge in [0.1, 0.15) is 0 Å². The van der Waals surface area contributed by atoms with E-state index in [1.54, 1.807) is 0 Å². The summed E-state index contributed by atoms with van der Waals surface area (Å²) in [6, 6.07) is 0.432. The molecule has 1 saturated heterocycles. The van der Waals surface area contributed by atoms with Crippen LogP contribution in [0.4, 0.5) is 0 Å². The van der Waals surface area contributed by atoms with Crippen LogP contribution in [0.25, 0.3) is 0 Å². The van der Waals surface area contributed by atoms with Crippen molar-refractivity contribution in [3.8, 4) is 0 Å². The van der Waals surface area contributed by atoms with Gasteiger partial charge in [-0.05, 0) is 70.0 Å². The number of hydrogen-bond acceptors (Lipinski definition) is 5. The minimum atomic E-state index is -0.209. The summed E-state index contributed by atoms with van der Waals surface area (Å²) in [6.07, 6.45) is 7.82. The average Bonchev–Trinajstić information content (AvgIpc) is 2.67. The van der Waals surface area contributed by atoms with Gasteiger partial charge in [0.05, 0.1) is 11.2 Å². The monoisotopic (exact) mass is 380 g/mol. The third-order valence-electron chi connectivity index (χ3n) is 7.48. The summed E-state index contributed by atoms with van der Waals surface area (Å²) < 4.78 is 12.2. The lowest BCUT2D eigenvalue weighted by Gasteiger charge is -2.53. The first-order valence-corrected chi connectivity index (χ1v) is 10.4. The highest BCUT2D eigenvalue weighted by molar-refractivity contribution is 6.45. The number of nitrogens with two attached hydrogens (primary N) is 1. The second kappa shape index (κ2) is 8.77. The van der Waals surface area contributed by atoms with Crippen LogP contribution in [0, 0.1) is 22.2 Å². The Morgan fingerprint density at radius 3 is 1.89 bits per heavy atom. The molecule has 1 unspecified atom stereocenters. The summed E-state index contributed by atoms with van der Waals surface area (Å²) in [5, 5.41) is 5.40. The Labute approximate surface area is 166 Å². The normalized spacial score (nSPS) is 28.4. The molecule has 1 aliphatic carbocycles. The topological polar surface area (TPSA) is 85.4 Å². The van der Waals surface area contributed by atoms with E-state index < -0.39 is 0 Å². The largest absolute Gasteiger partial charge is 0.457 e. The van der Waals surface area contributed by atoms with Gasteiger partial charge >= 0.3 is 7.12 Å². The van der Waals surface area contributed by atoms with Crippen LogP contribution in [0.15, 0.2) is 0 Å². The molecular weight excluding hydrogens is 339 g/mol. The summed E-state index contributed by atoms with van der Waals surface area (Å²) in [5.41, 5.74) is 6.34. The Kier molecular flexibility index (Phi) is 7.92. The summed E-state index contributed by atoms with van der Waals surface area (Å²) >= 11 is 0. The molecule has 0 aromatic carbocycles. The predicted molar refractivity (Wildman–Crippen MR) is 111 cm³/mol. The van der Waals surface area contributed by atoms with Crippen molar-refractivity contribution >= 4 is 13.2 Å². The van der Waals surface area contributed by atoms with Crippen molar-refractivity contribution in [2.75, 3.05) is 0 Å². The van der Waals surface area contributed by atoms with E-state index in [1.165, 1.54) is 32.1 Å². The maximum absolute atomic E-state index is 8.35. The number of rotatable bonds is 6. The number of unbranched alkanes of at least 4 members (excludes halogenated alkanes) is 1. The molecule has 1 saturated carbocycles. The molecule has 27 heavy (non-hydrogen) atoms. The molecule has 1 atom stereocenters. The molecule has 3 N–H and O–H groups in total. The van der Waals surface area contributed by atoms with Gasteiger partial charge in [0.25, 0.3) is 0 Å². The summed E-state index contributed by atoms with van der Waals surface area (Å²) in [6.45, 7) is 18.2. The molecule has 5 nitrogen and oxygen atoms in total. The fraction of sp³-hybridized carbons (Fsp3) is 0.952. The van der Waals surface area contributed by atoms with Gasteiger partial charge in [-0.15, -0.1) is 0 Å². The van der Waals surface area contributed by atoms with Gasteiger partial charge in [0.2, 0.25) is 6.08 Å². The van der Waals surface area contributed by atoms with Crippen LogP contribution >= 0.6 is 0 Å². The Bertz CT molecular complexity index is 502. The first kappa shape index (κ1) is 24.4. The van der Waals surface area contributed by atoms with Gasteiger partial charge in [-0.1, -0.05) is 40.5 Å². The SMILES string of the molecule is CC(C)(C)C(C)(CCCCB1OC(C)(C)C(C)(C)O1)C1CC(N)C1.N=C=O. The fourth-order valence-corrected chi connectivity index (χ4v) is 4.26. The van der Waals surface area contributed by atoms with Crippen LogP contribution in [0.5, 0.6) is 0 Å². The zero-order valence-corrected chi connectivity index (χ0v) is 18.8. The summed E-state index contributed by atoms with van der Waals surface area (Å²) in [7, 11) is -0.0481. The highest BCUT2D eigenvalue weighted by atomic mass is 16.7. The molecule has 1 aliphatic heterocycles. The van der Waals surface area contributed by atoms with Gasteiger partial charge in [0, 0.05) is 6.04 Å². The molecule has 0 spiro atoms. The van der Waals surface area contributed by atoms with Crippen LogP contribution in [0.3, 0.4) is 0 Å². The van der Waals surface area contributed by atoms with Crippen molar-refractivity contribution in [2.24, 2.45) is 22.5 Å². The highest BCUT2D eigenvalue weighted by Crippen LogP contribution is 2.54. The van der Waals surface area contributed by atoms with Crippen LogP contribution in [-0.4, -0.2) is 30.4 Å². The van der Waals surface area contributed by atoms with Crippen molar-refractivity contribution in [3.05, 3.63) is 0 Å². The van der Waals surface area contributed by atoms with Crippen molar-refractivity contribution in [2.45, 2.75) is 111 Å². The number of isocyanates is 1. The van der Waals surface area contributed by atoms with Gasteiger partial charge in [0.15, 0.2) is 0 Å². The smallest absolute Gasteiger partial charge is 0.403 e. The lowest BCUT2D eigenvalue weighted by molar-refractivity contribution is -0.0261. The van der Waals surface area contributed by atoms with Crippen LogP contribution < -0.4 is 5.73 Å². The predicted octanol–water partition coefficient (Wildman–Crippen LogP) is 4.94. The molecule has 0 bridgehead atoms. The Hall–Kier alpha value is -0.675. The van der Waals surface area contributed by atoms with Crippen molar-refractivity contribution < 1.29 is 14.1 Å². The molecule has 2 aliphatic rings. The van der Waals surface area contributed by atoms with E-state index in [2.05, 4.69) is 55.4 Å². The first-order valence-electron chi connectivity index (χ1n) is 10.4. The third-order valence-corrected chi connectivity index (χ3v) is 7.48. The van der Waals surface area contributed by atoms with Crippen LogP contribution in [0.1, 0.15) is 87.5 Å². The standard InChI is InChI=1S/C20H40BNO2.CHNO/c1-17(2,3)20(8,15-13-16(22)14-15)11-9-10-12-21-23-18(4,5)19(6,7)24-21;2-1-3/h15-16H,9-14,22H2,1-8H3;2H. The maximum atomic E-state index is 8.35. The van der Waals surface area contributed by atoms with Crippen molar-refractivity contribution in [3.63, 3.8) is 0 Å². The molecule has 0 amide bonds. The number of nitrogens with one attached hydrogen (secondary N) is 1. The zero-order chi connectivity index (χ0) is 21.1.